The third kappa shape index (κ3) is 4.31. The molecule has 0 spiro atoms. The maximum absolute atomic E-state index is 14.1. The van der Waals surface area contributed by atoms with Crippen LogP contribution < -0.4 is 5.32 Å². The zero-order valence-electron chi connectivity index (χ0n) is 15.8. The van der Waals surface area contributed by atoms with Gasteiger partial charge in [0, 0.05) is 12.2 Å². The number of anilines is 1. The molecule has 0 radical (unpaired) electrons. The number of hydrogen-bond acceptors (Lipinski definition) is 6. The van der Waals surface area contributed by atoms with Crippen molar-refractivity contribution in [2.24, 2.45) is 0 Å². The van der Waals surface area contributed by atoms with Crippen molar-refractivity contribution < 1.29 is 26.4 Å². The summed E-state index contributed by atoms with van der Waals surface area (Å²) in [5, 5.41) is 10.4. The Kier molecular flexibility index (Phi) is 5.77. The summed E-state index contributed by atoms with van der Waals surface area (Å²) in [6, 6.07) is 6.77. The maximum Gasteiger partial charge on any atom is 0.286 e. The SMILES string of the molecule is O=C(Nc1cccc(F)c1)c1nnc(C2CCCN2S(=O)(=O)c2cc(F)ccc2F)s1. The van der Waals surface area contributed by atoms with Crippen LogP contribution in [0.5, 0.6) is 0 Å². The highest BCUT2D eigenvalue weighted by molar-refractivity contribution is 7.89. The van der Waals surface area contributed by atoms with Crippen LogP contribution in [-0.2, 0) is 10.0 Å². The number of rotatable bonds is 5. The van der Waals surface area contributed by atoms with E-state index >= 15 is 0 Å². The molecule has 31 heavy (non-hydrogen) atoms. The number of aromatic nitrogens is 2. The highest BCUT2D eigenvalue weighted by Gasteiger charge is 2.39. The van der Waals surface area contributed by atoms with Crippen LogP contribution in [-0.4, -0.2) is 35.4 Å². The number of carbonyl (C=O) groups excluding carboxylic acids is 1. The van der Waals surface area contributed by atoms with Crippen LogP contribution in [0, 0.1) is 17.5 Å². The third-order valence-electron chi connectivity index (χ3n) is 4.69. The van der Waals surface area contributed by atoms with Crippen molar-refractivity contribution >= 4 is 33.0 Å². The molecule has 7 nitrogen and oxygen atoms in total. The van der Waals surface area contributed by atoms with Gasteiger partial charge >= 0.3 is 0 Å². The van der Waals surface area contributed by atoms with Crippen LogP contribution >= 0.6 is 11.3 Å². The van der Waals surface area contributed by atoms with Crippen molar-refractivity contribution in [3.05, 3.63) is 69.9 Å². The number of sulfonamides is 1. The molecule has 1 atom stereocenters. The molecule has 1 unspecified atom stereocenters. The number of benzene rings is 2. The largest absolute Gasteiger partial charge is 0.320 e. The van der Waals surface area contributed by atoms with Gasteiger partial charge in [-0.25, -0.2) is 21.6 Å². The first kappa shape index (κ1) is 21.4. The zero-order chi connectivity index (χ0) is 22.2. The molecule has 1 saturated heterocycles. The van der Waals surface area contributed by atoms with E-state index in [0.717, 1.165) is 33.8 Å². The van der Waals surface area contributed by atoms with Gasteiger partial charge in [0.15, 0.2) is 0 Å². The molecule has 1 fully saturated rings. The van der Waals surface area contributed by atoms with E-state index in [9.17, 15) is 26.4 Å². The molecule has 0 bridgehead atoms. The first-order valence-corrected chi connectivity index (χ1v) is 11.4. The fourth-order valence-corrected chi connectivity index (χ4v) is 5.98. The van der Waals surface area contributed by atoms with E-state index in [4.69, 9.17) is 0 Å². The summed E-state index contributed by atoms with van der Waals surface area (Å²) >= 11 is 0.882. The van der Waals surface area contributed by atoms with Gasteiger partial charge in [-0.2, -0.15) is 4.31 Å². The topological polar surface area (TPSA) is 92.3 Å². The summed E-state index contributed by atoms with van der Waals surface area (Å²) in [6.07, 6.45) is 0.863. The summed E-state index contributed by atoms with van der Waals surface area (Å²) in [7, 11) is -4.34. The number of halogens is 3. The van der Waals surface area contributed by atoms with Crippen LogP contribution in [0.1, 0.15) is 33.7 Å². The van der Waals surface area contributed by atoms with E-state index in [1.54, 1.807) is 0 Å². The molecule has 1 amide bonds. The molecule has 2 heterocycles. The van der Waals surface area contributed by atoms with Gasteiger partial charge in [0.2, 0.25) is 15.0 Å². The quantitative estimate of drug-likeness (QED) is 0.616. The Morgan fingerprint density at radius 2 is 1.87 bits per heavy atom. The van der Waals surface area contributed by atoms with Crippen molar-refractivity contribution in [3.8, 4) is 0 Å². The molecule has 12 heteroatoms. The van der Waals surface area contributed by atoms with E-state index in [1.165, 1.54) is 18.2 Å². The zero-order valence-corrected chi connectivity index (χ0v) is 17.4. The van der Waals surface area contributed by atoms with Crippen LogP contribution in [0.4, 0.5) is 18.9 Å². The molecule has 4 rings (SSSR count). The van der Waals surface area contributed by atoms with Gasteiger partial charge in [-0.3, -0.25) is 4.79 Å². The van der Waals surface area contributed by atoms with Gasteiger partial charge < -0.3 is 5.32 Å². The van der Waals surface area contributed by atoms with Crippen LogP contribution in [0.2, 0.25) is 0 Å². The Morgan fingerprint density at radius 1 is 1.10 bits per heavy atom. The van der Waals surface area contributed by atoms with Crippen molar-refractivity contribution in [2.45, 2.75) is 23.8 Å². The van der Waals surface area contributed by atoms with Gasteiger partial charge in [-0.05, 0) is 49.2 Å². The lowest BCUT2D eigenvalue weighted by Gasteiger charge is -2.22. The number of nitrogens with one attached hydrogen (secondary N) is 1. The van der Waals surface area contributed by atoms with E-state index in [0.29, 0.717) is 18.9 Å². The first-order valence-electron chi connectivity index (χ1n) is 9.13. The molecule has 3 aromatic rings. The van der Waals surface area contributed by atoms with Gasteiger partial charge in [0.1, 0.15) is 27.4 Å². The number of carbonyl (C=O) groups is 1. The van der Waals surface area contributed by atoms with Gasteiger partial charge in [-0.1, -0.05) is 17.4 Å². The molecule has 1 aromatic heterocycles. The number of hydrogen-bond donors (Lipinski definition) is 1. The van der Waals surface area contributed by atoms with Crippen molar-refractivity contribution in [2.75, 3.05) is 11.9 Å². The third-order valence-corrected chi connectivity index (χ3v) is 7.63. The van der Waals surface area contributed by atoms with Gasteiger partial charge in [0.25, 0.3) is 5.91 Å². The Labute approximate surface area is 179 Å². The minimum Gasteiger partial charge on any atom is -0.320 e. The van der Waals surface area contributed by atoms with E-state index in [1.807, 2.05) is 0 Å². The van der Waals surface area contributed by atoms with Crippen molar-refractivity contribution in [1.29, 1.82) is 0 Å². The molecule has 1 aliphatic heterocycles. The van der Waals surface area contributed by atoms with Gasteiger partial charge in [-0.15, -0.1) is 10.2 Å². The second kappa shape index (κ2) is 8.36. The van der Waals surface area contributed by atoms with E-state index in [2.05, 4.69) is 15.5 Å². The lowest BCUT2D eigenvalue weighted by Crippen LogP contribution is -2.31. The Morgan fingerprint density at radius 3 is 2.65 bits per heavy atom. The average molecular weight is 468 g/mol. The summed E-state index contributed by atoms with van der Waals surface area (Å²) in [5.41, 5.74) is 0.230. The predicted molar refractivity (Wildman–Crippen MR) is 106 cm³/mol. The molecular formula is C19H15F3N4O3S2. The molecule has 1 aliphatic rings. The second-order valence-corrected chi connectivity index (χ2v) is 9.63. The monoisotopic (exact) mass is 468 g/mol. The summed E-state index contributed by atoms with van der Waals surface area (Å²) in [5.74, 6) is -3.08. The molecule has 0 saturated carbocycles. The smallest absolute Gasteiger partial charge is 0.286 e. The highest BCUT2D eigenvalue weighted by atomic mass is 32.2. The average Bonchev–Trinajstić information content (AvgIpc) is 3.39. The Bertz CT molecular complexity index is 1250. The fraction of sp³-hybridized carbons (Fsp3) is 0.211. The first-order chi connectivity index (χ1) is 14.8. The minimum atomic E-state index is -4.34. The Hall–Kier alpha value is -2.83. The molecule has 162 valence electrons. The van der Waals surface area contributed by atoms with Gasteiger partial charge in [0.05, 0.1) is 6.04 Å². The Balaban J connectivity index is 1.58. The predicted octanol–water partition coefficient (Wildman–Crippen LogP) is 3.73. The fourth-order valence-electron chi connectivity index (χ4n) is 3.29. The van der Waals surface area contributed by atoms with E-state index < -0.39 is 44.3 Å². The van der Waals surface area contributed by atoms with Crippen LogP contribution in [0.3, 0.4) is 0 Å². The molecular weight excluding hydrogens is 453 g/mol. The number of nitrogens with zero attached hydrogens (tertiary/aromatic N) is 3. The second-order valence-electron chi connectivity index (χ2n) is 6.76. The standard InChI is InChI=1S/C19H15F3N4O3S2/c20-11-3-1-4-13(9-11)23-17(27)19-25-24-18(30-19)15-5-2-8-26(15)31(28,29)16-10-12(21)6-7-14(16)22/h1,3-4,6-7,9-10,15H,2,5,8H2,(H,23,27). The lowest BCUT2D eigenvalue weighted by molar-refractivity contribution is 0.102. The van der Waals surface area contributed by atoms with Crippen molar-refractivity contribution in [3.63, 3.8) is 0 Å². The summed E-state index contributed by atoms with van der Waals surface area (Å²) in [4.78, 5) is 11.6. The molecule has 0 aliphatic carbocycles. The summed E-state index contributed by atoms with van der Waals surface area (Å²) < 4.78 is 67.9. The molecule has 2 aromatic carbocycles. The van der Waals surface area contributed by atoms with Crippen LogP contribution in [0.15, 0.2) is 47.4 Å². The summed E-state index contributed by atoms with van der Waals surface area (Å²) in [6.45, 7) is 0.0906. The maximum atomic E-state index is 14.1. The minimum absolute atomic E-state index is 0.0413. The highest BCUT2D eigenvalue weighted by Crippen LogP contribution is 2.38. The van der Waals surface area contributed by atoms with Crippen molar-refractivity contribution in [1.82, 2.24) is 14.5 Å². The normalized spacial score (nSPS) is 17.1. The molecule has 1 N–H and O–H groups in total. The van der Waals surface area contributed by atoms with E-state index in [-0.39, 0.29) is 22.2 Å². The van der Waals surface area contributed by atoms with Crippen LogP contribution in [0.25, 0.3) is 0 Å². The lowest BCUT2D eigenvalue weighted by atomic mass is 10.2. The number of amides is 1.